The summed E-state index contributed by atoms with van der Waals surface area (Å²) in [7, 11) is -4.16. The fourth-order valence-corrected chi connectivity index (χ4v) is 5.66. The number of hydrogen-bond donors (Lipinski definition) is 1. The summed E-state index contributed by atoms with van der Waals surface area (Å²) in [6.45, 7) is 7.41. The average Bonchev–Trinajstić information content (AvgIpc) is 2.88. The molecule has 0 bridgehead atoms. The molecule has 39 heavy (non-hydrogen) atoms. The number of sulfonamides is 1. The van der Waals surface area contributed by atoms with Crippen LogP contribution in [0.4, 0.5) is 5.69 Å². The van der Waals surface area contributed by atoms with E-state index in [1.165, 1.54) is 29.2 Å². The highest BCUT2D eigenvalue weighted by Crippen LogP contribution is 2.26. The van der Waals surface area contributed by atoms with Crippen LogP contribution in [0, 0.1) is 12.8 Å². The number of aryl methyl sites for hydroxylation is 1. The van der Waals surface area contributed by atoms with Gasteiger partial charge in [-0.25, -0.2) is 8.42 Å². The zero-order valence-electron chi connectivity index (χ0n) is 22.4. The molecule has 0 radical (unpaired) electrons. The van der Waals surface area contributed by atoms with Crippen molar-refractivity contribution >= 4 is 50.7 Å². The lowest BCUT2D eigenvalue weighted by Gasteiger charge is -2.32. The third-order valence-corrected chi connectivity index (χ3v) is 8.34. The molecule has 0 aliphatic rings. The minimum atomic E-state index is -4.16. The number of benzene rings is 3. The second-order valence-electron chi connectivity index (χ2n) is 9.77. The molecule has 3 rings (SSSR count). The maximum absolute atomic E-state index is 13.9. The summed E-state index contributed by atoms with van der Waals surface area (Å²) in [6.07, 6.45) is 0. The minimum absolute atomic E-state index is 0.00896. The second-order valence-corrected chi connectivity index (χ2v) is 12.5. The molecule has 0 aliphatic heterocycles. The molecule has 10 heteroatoms. The molecule has 0 aliphatic carbocycles. The quantitative estimate of drug-likeness (QED) is 0.311. The number of hydrogen-bond acceptors (Lipinski definition) is 4. The predicted octanol–water partition coefficient (Wildman–Crippen LogP) is 5.69. The van der Waals surface area contributed by atoms with E-state index in [0.717, 1.165) is 9.87 Å². The van der Waals surface area contributed by atoms with Gasteiger partial charge in [-0.3, -0.25) is 13.9 Å². The van der Waals surface area contributed by atoms with E-state index in [0.29, 0.717) is 27.8 Å². The maximum Gasteiger partial charge on any atom is 0.264 e. The molecule has 2 amide bonds. The number of rotatable bonds is 11. The molecule has 1 N–H and O–H groups in total. The Balaban J connectivity index is 2.01. The lowest BCUT2D eigenvalue weighted by Crippen LogP contribution is -2.51. The third kappa shape index (κ3) is 8.21. The Hall–Kier alpha value is -3.07. The van der Waals surface area contributed by atoms with Crippen molar-refractivity contribution in [3.63, 3.8) is 0 Å². The van der Waals surface area contributed by atoms with E-state index in [1.807, 2.05) is 26.8 Å². The third-order valence-electron chi connectivity index (χ3n) is 6.06. The van der Waals surface area contributed by atoms with Crippen molar-refractivity contribution in [2.45, 2.75) is 45.2 Å². The van der Waals surface area contributed by atoms with Gasteiger partial charge in [0.2, 0.25) is 11.8 Å². The molecule has 3 aromatic carbocycles. The second kappa shape index (κ2) is 13.3. The van der Waals surface area contributed by atoms with Crippen molar-refractivity contribution in [3.05, 3.63) is 94.0 Å². The number of anilines is 1. The summed E-state index contributed by atoms with van der Waals surface area (Å²) >= 11 is 12.2. The fourth-order valence-electron chi connectivity index (χ4n) is 3.91. The molecular formula is C29H33Cl2N3O4S. The van der Waals surface area contributed by atoms with Crippen LogP contribution >= 0.6 is 23.2 Å². The molecular weight excluding hydrogens is 557 g/mol. The van der Waals surface area contributed by atoms with E-state index >= 15 is 0 Å². The monoisotopic (exact) mass is 589 g/mol. The number of halogens is 2. The Labute approximate surface area is 240 Å². The van der Waals surface area contributed by atoms with Crippen molar-refractivity contribution < 1.29 is 18.0 Å². The molecule has 1 atom stereocenters. The molecule has 7 nitrogen and oxygen atoms in total. The summed E-state index contributed by atoms with van der Waals surface area (Å²) in [4.78, 5) is 28.3. The van der Waals surface area contributed by atoms with Crippen molar-refractivity contribution in [2.75, 3.05) is 17.4 Å². The minimum Gasteiger partial charge on any atom is -0.354 e. The van der Waals surface area contributed by atoms with Gasteiger partial charge < -0.3 is 10.2 Å². The summed E-state index contributed by atoms with van der Waals surface area (Å²) in [5.74, 6) is -0.650. The smallest absolute Gasteiger partial charge is 0.264 e. The normalized spacial score (nSPS) is 12.2. The Kier molecular flexibility index (Phi) is 10.4. The molecule has 1 unspecified atom stereocenters. The Bertz CT molecular complexity index is 1410. The Morgan fingerprint density at radius 2 is 1.56 bits per heavy atom. The van der Waals surface area contributed by atoms with Gasteiger partial charge in [0.1, 0.15) is 12.6 Å². The molecule has 0 aromatic heterocycles. The number of carbonyl (C=O) groups excluding carboxylic acids is 2. The molecule has 208 valence electrons. The van der Waals surface area contributed by atoms with Crippen LogP contribution in [0.1, 0.15) is 31.9 Å². The first kappa shape index (κ1) is 30.5. The molecule has 3 aromatic rings. The van der Waals surface area contributed by atoms with Crippen LogP contribution < -0.4 is 9.62 Å². The summed E-state index contributed by atoms with van der Waals surface area (Å²) in [6, 6.07) is 18.8. The first-order valence-corrected chi connectivity index (χ1v) is 14.7. The van der Waals surface area contributed by atoms with Crippen molar-refractivity contribution in [2.24, 2.45) is 5.92 Å². The first-order valence-electron chi connectivity index (χ1n) is 12.5. The summed E-state index contributed by atoms with van der Waals surface area (Å²) in [5, 5.41) is 3.74. The number of nitrogens with one attached hydrogen (secondary N) is 1. The summed E-state index contributed by atoms with van der Waals surface area (Å²) < 4.78 is 28.7. The van der Waals surface area contributed by atoms with E-state index in [2.05, 4.69) is 5.32 Å². The van der Waals surface area contributed by atoms with Crippen LogP contribution in [0.3, 0.4) is 0 Å². The van der Waals surface area contributed by atoms with E-state index in [1.54, 1.807) is 49.4 Å². The standard InChI is InChI=1S/C29H33Cl2N3O4S/c1-20(2)17-32-29(36)22(4)33(18-23-8-6-9-25(31)16-23)28(35)19-34(26-10-5-7-21(3)15-26)39(37,38)27-13-11-24(30)12-14-27/h5-16,20,22H,17-19H2,1-4H3,(H,32,36). The van der Waals surface area contributed by atoms with Gasteiger partial charge >= 0.3 is 0 Å². The van der Waals surface area contributed by atoms with E-state index in [4.69, 9.17) is 23.2 Å². The zero-order chi connectivity index (χ0) is 28.7. The molecule has 0 spiro atoms. The number of nitrogens with zero attached hydrogens (tertiary/aromatic N) is 2. The Morgan fingerprint density at radius 1 is 0.897 bits per heavy atom. The zero-order valence-corrected chi connectivity index (χ0v) is 24.7. The first-order chi connectivity index (χ1) is 18.4. The van der Waals surface area contributed by atoms with Gasteiger partial charge in [-0.05, 0) is 79.4 Å². The van der Waals surface area contributed by atoms with Crippen molar-refractivity contribution in [1.29, 1.82) is 0 Å². The van der Waals surface area contributed by atoms with E-state index in [9.17, 15) is 18.0 Å². The van der Waals surface area contributed by atoms with Crippen LogP contribution in [0.15, 0.2) is 77.7 Å². The SMILES string of the molecule is Cc1cccc(N(CC(=O)N(Cc2cccc(Cl)c2)C(C)C(=O)NCC(C)C)S(=O)(=O)c2ccc(Cl)cc2)c1. The maximum atomic E-state index is 13.9. The lowest BCUT2D eigenvalue weighted by atomic mass is 10.1. The predicted molar refractivity (Wildman–Crippen MR) is 156 cm³/mol. The van der Waals surface area contributed by atoms with E-state index < -0.39 is 28.5 Å². The highest BCUT2D eigenvalue weighted by Gasteiger charge is 2.32. The topological polar surface area (TPSA) is 86.8 Å². The molecule has 0 fully saturated rings. The molecule has 0 heterocycles. The number of amides is 2. The van der Waals surface area contributed by atoms with Gasteiger partial charge in [-0.2, -0.15) is 0 Å². The van der Waals surface area contributed by atoms with Crippen LogP contribution in [0.2, 0.25) is 10.0 Å². The van der Waals surface area contributed by atoms with Gasteiger partial charge in [0.15, 0.2) is 0 Å². The Morgan fingerprint density at radius 3 is 2.18 bits per heavy atom. The van der Waals surface area contributed by atoms with Gasteiger partial charge in [0.25, 0.3) is 10.0 Å². The van der Waals surface area contributed by atoms with Crippen LogP contribution in [0.5, 0.6) is 0 Å². The summed E-state index contributed by atoms with van der Waals surface area (Å²) in [5.41, 5.74) is 1.87. The van der Waals surface area contributed by atoms with E-state index in [-0.39, 0.29) is 23.3 Å². The largest absolute Gasteiger partial charge is 0.354 e. The van der Waals surface area contributed by atoms with Crippen LogP contribution in [-0.2, 0) is 26.2 Å². The van der Waals surface area contributed by atoms with Gasteiger partial charge in [0, 0.05) is 23.1 Å². The van der Waals surface area contributed by atoms with Crippen molar-refractivity contribution in [3.8, 4) is 0 Å². The van der Waals surface area contributed by atoms with Gasteiger partial charge in [-0.1, -0.05) is 61.3 Å². The van der Waals surface area contributed by atoms with Crippen LogP contribution in [0.25, 0.3) is 0 Å². The van der Waals surface area contributed by atoms with Crippen molar-refractivity contribution in [1.82, 2.24) is 10.2 Å². The highest BCUT2D eigenvalue weighted by atomic mass is 35.5. The highest BCUT2D eigenvalue weighted by molar-refractivity contribution is 7.92. The lowest BCUT2D eigenvalue weighted by molar-refractivity contribution is -0.139. The van der Waals surface area contributed by atoms with Crippen LogP contribution in [-0.4, -0.2) is 44.3 Å². The van der Waals surface area contributed by atoms with Gasteiger partial charge in [0.05, 0.1) is 10.6 Å². The fraction of sp³-hybridized carbons (Fsp3) is 0.310. The number of carbonyl (C=O) groups is 2. The molecule has 0 saturated carbocycles. The van der Waals surface area contributed by atoms with Gasteiger partial charge in [-0.15, -0.1) is 0 Å². The average molecular weight is 591 g/mol. The molecule has 0 saturated heterocycles.